The molecule has 2 N–H and O–H groups in total. The fraction of sp³-hybridized carbons (Fsp3) is 0.286. The number of hydrogen-bond acceptors (Lipinski definition) is 9. The van der Waals surface area contributed by atoms with Gasteiger partial charge in [-0.2, -0.15) is 10.4 Å². The maximum absolute atomic E-state index is 9.09. The van der Waals surface area contributed by atoms with Crippen molar-refractivity contribution in [2.24, 2.45) is 0 Å². The number of anilines is 2. The van der Waals surface area contributed by atoms with Gasteiger partial charge in [-0.25, -0.2) is 4.52 Å². The van der Waals surface area contributed by atoms with Gasteiger partial charge < -0.3 is 20.0 Å². The first-order valence-electron chi connectivity index (χ1n) is 10.2. The first-order valence-corrected chi connectivity index (χ1v) is 10.2. The quantitative estimate of drug-likeness (QED) is 0.375. The number of nitrogens with zero attached hydrogens (tertiary/aromatic N) is 7. The van der Waals surface area contributed by atoms with Crippen molar-refractivity contribution in [2.45, 2.75) is 6.92 Å². The summed E-state index contributed by atoms with van der Waals surface area (Å²) in [4.78, 5) is 6.72. The molecule has 1 aliphatic heterocycles. The molecular formula is C21H25Cl4N9O. The fourth-order valence-electron chi connectivity index (χ4n) is 3.67. The first kappa shape index (κ1) is 30.2. The number of halogens is 4. The van der Waals surface area contributed by atoms with Gasteiger partial charge in [0.15, 0.2) is 0 Å². The average Bonchev–Trinajstić information content (AvgIpc) is 3.47. The predicted octanol–water partition coefficient (Wildman–Crippen LogP) is 3.85. The van der Waals surface area contributed by atoms with Crippen LogP contribution in [0.3, 0.4) is 0 Å². The van der Waals surface area contributed by atoms with E-state index >= 15 is 0 Å². The lowest BCUT2D eigenvalue weighted by atomic mass is 10.1. The summed E-state index contributed by atoms with van der Waals surface area (Å²) in [5.41, 5.74) is 4.54. The summed E-state index contributed by atoms with van der Waals surface area (Å²) >= 11 is 0. The van der Waals surface area contributed by atoms with Crippen molar-refractivity contribution in [3.63, 3.8) is 0 Å². The monoisotopic (exact) mass is 559 g/mol. The largest absolute Gasteiger partial charge is 0.403 e. The van der Waals surface area contributed by atoms with E-state index in [1.807, 2.05) is 25.1 Å². The smallest absolute Gasteiger partial charge is 0.318 e. The molecule has 5 heterocycles. The third-order valence-electron chi connectivity index (χ3n) is 5.20. The molecule has 4 aromatic heterocycles. The van der Waals surface area contributed by atoms with Crippen molar-refractivity contribution < 1.29 is 4.42 Å². The van der Waals surface area contributed by atoms with Crippen molar-refractivity contribution in [3.8, 4) is 28.9 Å². The van der Waals surface area contributed by atoms with Crippen molar-refractivity contribution in [2.75, 3.05) is 42.9 Å². The number of hydrogen-bond donors (Lipinski definition) is 2. The van der Waals surface area contributed by atoms with E-state index in [9.17, 15) is 0 Å². The molecule has 5 rings (SSSR count). The Balaban J connectivity index is 0.00000153. The van der Waals surface area contributed by atoms with Crippen LogP contribution in [0, 0.1) is 11.3 Å². The maximum Gasteiger partial charge on any atom is 0.318 e. The summed E-state index contributed by atoms with van der Waals surface area (Å²) in [7, 11) is 0. The van der Waals surface area contributed by atoms with E-state index in [1.165, 1.54) is 0 Å². The zero-order valence-electron chi connectivity index (χ0n) is 18.7. The third-order valence-corrected chi connectivity index (χ3v) is 5.20. The van der Waals surface area contributed by atoms with Crippen LogP contribution in [-0.4, -0.2) is 57.5 Å². The van der Waals surface area contributed by atoms with Gasteiger partial charge >= 0.3 is 6.01 Å². The Bertz CT molecular complexity index is 1280. The van der Waals surface area contributed by atoms with Gasteiger partial charge in [0.05, 0.1) is 39.9 Å². The van der Waals surface area contributed by atoms with Gasteiger partial charge in [-0.15, -0.1) is 54.7 Å². The van der Waals surface area contributed by atoms with E-state index in [2.05, 4.69) is 41.9 Å². The molecule has 188 valence electrons. The van der Waals surface area contributed by atoms with E-state index in [4.69, 9.17) is 9.68 Å². The van der Waals surface area contributed by atoms with Crippen molar-refractivity contribution in [1.29, 1.82) is 5.26 Å². The molecule has 0 amide bonds. The topological polar surface area (TPSA) is 120 Å². The second-order valence-corrected chi connectivity index (χ2v) is 7.18. The lowest BCUT2D eigenvalue weighted by Gasteiger charge is -2.24. The molecule has 1 aliphatic rings. The van der Waals surface area contributed by atoms with E-state index in [0.717, 1.165) is 60.9 Å². The molecule has 1 fully saturated rings. The summed E-state index contributed by atoms with van der Waals surface area (Å²) in [5, 5.41) is 28.6. The molecule has 0 spiro atoms. The Morgan fingerprint density at radius 1 is 1.09 bits per heavy atom. The highest BCUT2D eigenvalue weighted by Gasteiger charge is 2.20. The number of nitrogens with one attached hydrogen (secondary N) is 2. The lowest BCUT2D eigenvalue weighted by Crippen LogP contribution is -2.43. The number of pyridine rings is 1. The van der Waals surface area contributed by atoms with Crippen LogP contribution in [0.25, 0.3) is 28.4 Å². The molecule has 10 nitrogen and oxygen atoms in total. The molecule has 0 atom stereocenters. The Labute approximate surface area is 227 Å². The highest BCUT2D eigenvalue weighted by molar-refractivity contribution is 5.86. The SMILES string of the molecule is CCNc1cc(-c2ccc3cc(C#N)cnn23)ncc1-c1nnc(N2CCNCC2)o1.Cl.Cl.Cl.Cl. The summed E-state index contributed by atoms with van der Waals surface area (Å²) in [6.07, 6.45) is 3.29. The number of rotatable bonds is 5. The maximum atomic E-state index is 9.09. The Hall–Kier alpha value is -2.81. The molecule has 4 aromatic rings. The lowest BCUT2D eigenvalue weighted by molar-refractivity contribution is 0.505. The number of nitriles is 1. The highest BCUT2D eigenvalue weighted by atomic mass is 35.5. The Morgan fingerprint density at radius 3 is 2.57 bits per heavy atom. The van der Waals surface area contributed by atoms with Gasteiger partial charge in [0.2, 0.25) is 0 Å². The number of fused-ring (bicyclic) bond motifs is 1. The second-order valence-electron chi connectivity index (χ2n) is 7.18. The minimum atomic E-state index is 0. The second kappa shape index (κ2) is 13.3. The molecule has 35 heavy (non-hydrogen) atoms. The standard InChI is InChI=1S/C21H21N9O.4ClH/c1-2-24-17-10-18(19-4-3-15-9-14(11-22)12-26-30(15)19)25-13-16(17)20-27-28-21(31-20)29-7-5-23-6-8-29;;;;/h3-4,9-10,12-13,23H,2,5-8H2,1H3,(H,24,25);4*1H. The predicted molar refractivity (Wildman–Crippen MR) is 145 cm³/mol. The molecule has 0 radical (unpaired) electrons. The molecule has 0 unspecified atom stereocenters. The van der Waals surface area contributed by atoms with Crippen molar-refractivity contribution >= 4 is 66.8 Å². The van der Waals surface area contributed by atoms with Crippen LogP contribution in [0.1, 0.15) is 12.5 Å². The minimum Gasteiger partial charge on any atom is -0.403 e. The van der Waals surface area contributed by atoms with E-state index in [1.54, 1.807) is 23.0 Å². The van der Waals surface area contributed by atoms with Gasteiger partial charge in [-0.05, 0) is 31.2 Å². The van der Waals surface area contributed by atoms with Crippen LogP contribution < -0.4 is 15.5 Å². The molecular weight excluding hydrogens is 536 g/mol. The van der Waals surface area contributed by atoms with Gasteiger partial charge in [-0.1, -0.05) is 5.10 Å². The molecule has 1 saturated heterocycles. The first-order chi connectivity index (χ1) is 15.3. The summed E-state index contributed by atoms with van der Waals surface area (Å²) in [6, 6.07) is 10.3. The zero-order valence-corrected chi connectivity index (χ0v) is 21.9. The van der Waals surface area contributed by atoms with Crippen molar-refractivity contribution in [1.82, 2.24) is 30.1 Å². The van der Waals surface area contributed by atoms with Crippen molar-refractivity contribution in [3.05, 3.63) is 42.2 Å². The van der Waals surface area contributed by atoms with Crippen LogP contribution in [0.15, 0.2) is 41.1 Å². The van der Waals surface area contributed by atoms with Crippen LogP contribution in [0.2, 0.25) is 0 Å². The summed E-state index contributed by atoms with van der Waals surface area (Å²) in [6.45, 7) is 6.22. The van der Waals surface area contributed by atoms with Gasteiger partial charge in [0.1, 0.15) is 6.07 Å². The van der Waals surface area contributed by atoms with E-state index < -0.39 is 0 Å². The Kier molecular flexibility index (Phi) is 11.5. The van der Waals surface area contributed by atoms with Gasteiger partial charge in [-0.3, -0.25) is 4.98 Å². The van der Waals surface area contributed by atoms with Crippen LogP contribution in [0.4, 0.5) is 11.7 Å². The fourth-order valence-corrected chi connectivity index (χ4v) is 3.67. The average molecular weight is 561 g/mol. The zero-order chi connectivity index (χ0) is 21.2. The summed E-state index contributed by atoms with van der Waals surface area (Å²) < 4.78 is 7.74. The van der Waals surface area contributed by atoms with E-state index in [0.29, 0.717) is 17.5 Å². The van der Waals surface area contributed by atoms with Gasteiger partial charge in [0.25, 0.3) is 5.89 Å². The number of piperazine rings is 1. The van der Waals surface area contributed by atoms with Crippen LogP contribution in [-0.2, 0) is 0 Å². The third kappa shape index (κ3) is 6.07. The summed E-state index contributed by atoms with van der Waals surface area (Å²) in [5.74, 6) is 0.431. The minimum absolute atomic E-state index is 0. The highest BCUT2D eigenvalue weighted by Crippen LogP contribution is 2.32. The number of aromatic nitrogens is 5. The normalized spacial score (nSPS) is 12.4. The van der Waals surface area contributed by atoms with E-state index in [-0.39, 0.29) is 49.6 Å². The molecule has 0 saturated carbocycles. The molecule has 0 aliphatic carbocycles. The molecule has 14 heteroatoms. The Morgan fingerprint density at radius 2 is 1.86 bits per heavy atom. The molecule has 0 aromatic carbocycles. The molecule has 0 bridgehead atoms. The van der Waals surface area contributed by atoms with Crippen LogP contribution in [0.5, 0.6) is 0 Å². The van der Waals surface area contributed by atoms with Gasteiger partial charge in [0, 0.05) is 38.9 Å². The van der Waals surface area contributed by atoms with Crippen LogP contribution >= 0.6 is 49.6 Å².